The lowest BCUT2D eigenvalue weighted by Crippen LogP contribution is -2.43. The Bertz CT molecular complexity index is 796. The van der Waals surface area contributed by atoms with Crippen LogP contribution in [0, 0.1) is 27.7 Å². The molecule has 1 atom stereocenters. The largest absolute Gasteiger partial charge is 0.369 e. The van der Waals surface area contributed by atoms with Gasteiger partial charge in [0.15, 0.2) is 11.8 Å². The number of hydrogen-bond acceptors (Lipinski definition) is 5. The van der Waals surface area contributed by atoms with E-state index in [0.29, 0.717) is 11.8 Å². The number of nitrogens with zero attached hydrogens (tertiary/aromatic N) is 3. The lowest BCUT2D eigenvalue weighted by Gasteiger charge is -2.30. The van der Waals surface area contributed by atoms with E-state index in [0.717, 1.165) is 11.3 Å². The Kier molecular flexibility index (Phi) is 3.60. The summed E-state index contributed by atoms with van der Waals surface area (Å²) in [5.74, 6) is 1.01. The lowest BCUT2D eigenvalue weighted by molar-refractivity contribution is 0.374. The van der Waals surface area contributed by atoms with Gasteiger partial charge in [0.1, 0.15) is 6.17 Å². The number of benzene rings is 1. The molecule has 1 aliphatic rings. The molecule has 0 radical (unpaired) electrons. The van der Waals surface area contributed by atoms with Crippen molar-refractivity contribution in [3.8, 4) is 11.3 Å². The minimum Gasteiger partial charge on any atom is -0.369 e. The molecule has 1 aliphatic heterocycles. The topological polar surface area (TPSA) is 80.5 Å². The molecule has 0 saturated heterocycles. The number of nitrogens with two attached hydrogens (primary N) is 2. The number of aryl methyl sites for hydroxylation is 2. The van der Waals surface area contributed by atoms with Gasteiger partial charge >= 0.3 is 0 Å². The van der Waals surface area contributed by atoms with E-state index in [4.69, 9.17) is 16.5 Å². The number of aliphatic imine (C=N–C) groups is 1. The van der Waals surface area contributed by atoms with Gasteiger partial charge in [-0.2, -0.15) is 4.99 Å². The van der Waals surface area contributed by atoms with Crippen LogP contribution in [0.15, 0.2) is 23.2 Å². The molecule has 2 aromatic rings. The van der Waals surface area contributed by atoms with Crippen LogP contribution >= 0.6 is 0 Å². The van der Waals surface area contributed by atoms with Gasteiger partial charge in [-0.1, -0.05) is 6.07 Å². The van der Waals surface area contributed by atoms with E-state index in [1.54, 1.807) is 4.90 Å². The van der Waals surface area contributed by atoms with Crippen LogP contribution in [-0.2, 0) is 0 Å². The zero-order chi connectivity index (χ0) is 16.9. The van der Waals surface area contributed by atoms with Crippen LogP contribution in [0.1, 0.15) is 34.0 Å². The standard InChI is InChI=1S/C18H23N5/c1-9-8-10(2)12(4)15(11(9)3)14-7-6-13-16(19)23(5)18(20)22-17(13)21-14/h6-8,16H,19H2,1-5H3,(H2,20,21,22). The maximum Gasteiger partial charge on any atom is 0.199 e. The van der Waals surface area contributed by atoms with Crippen molar-refractivity contribution in [3.63, 3.8) is 0 Å². The summed E-state index contributed by atoms with van der Waals surface area (Å²) in [6, 6.07) is 6.25. The smallest absolute Gasteiger partial charge is 0.199 e. The molecule has 0 bridgehead atoms. The highest BCUT2D eigenvalue weighted by molar-refractivity contribution is 5.84. The summed E-state index contributed by atoms with van der Waals surface area (Å²) in [4.78, 5) is 10.9. The van der Waals surface area contributed by atoms with Gasteiger partial charge in [-0.15, -0.1) is 0 Å². The average Bonchev–Trinajstić information content (AvgIpc) is 2.51. The van der Waals surface area contributed by atoms with Crippen molar-refractivity contribution in [3.05, 3.63) is 46.0 Å². The number of fused-ring (bicyclic) bond motifs is 1. The molecule has 0 aliphatic carbocycles. The second kappa shape index (κ2) is 5.35. The van der Waals surface area contributed by atoms with E-state index in [2.05, 4.69) is 38.8 Å². The zero-order valence-corrected chi connectivity index (χ0v) is 14.3. The quantitative estimate of drug-likeness (QED) is 0.849. The molecule has 1 unspecified atom stereocenters. The van der Waals surface area contributed by atoms with Gasteiger partial charge in [-0.3, -0.25) is 0 Å². The third-order valence-electron chi connectivity index (χ3n) is 4.85. The molecule has 23 heavy (non-hydrogen) atoms. The maximum atomic E-state index is 6.20. The van der Waals surface area contributed by atoms with Crippen LogP contribution in [0.25, 0.3) is 11.3 Å². The second-order valence-electron chi connectivity index (χ2n) is 6.27. The van der Waals surface area contributed by atoms with Crippen LogP contribution in [0.4, 0.5) is 5.82 Å². The van der Waals surface area contributed by atoms with Crippen molar-refractivity contribution >= 4 is 11.8 Å². The predicted octanol–water partition coefficient (Wildman–Crippen LogP) is 2.83. The summed E-state index contributed by atoms with van der Waals surface area (Å²) in [7, 11) is 1.83. The number of hydrogen-bond donors (Lipinski definition) is 2. The SMILES string of the molecule is Cc1cc(C)c(C)c(-c2ccc3c(n2)N=C(N)N(C)C3N)c1C. The second-order valence-corrected chi connectivity index (χ2v) is 6.27. The Labute approximate surface area is 137 Å². The molecule has 3 rings (SSSR count). The highest BCUT2D eigenvalue weighted by atomic mass is 15.3. The maximum absolute atomic E-state index is 6.20. The van der Waals surface area contributed by atoms with Crippen molar-refractivity contribution in [2.24, 2.45) is 16.5 Å². The Morgan fingerprint density at radius 3 is 2.26 bits per heavy atom. The molecule has 0 fully saturated rings. The first-order valence-electron chi connectivity index (χ1n) is 7.72. The van der Waals surface area contributed by atoms with Gasteiger partial charge in [-0.25, -0.2) is 4.98 Å². The summed E-state index contributed by atoms with van der Waals surface area (Å²) >= 11 is 0. The average molecular weight is 309 g/mol. The van der Waals surface area contributed by atoms with Gasteiger partial charge in [-0.05, 0) is 62.1 Å². The normalized spacial score (nSPS) is 17.0. The molecule has 4 N–H and O–H groups in total. The van der Waals surface area contributed by atoms with Gasteiger partial charge in [0.25, 0.3) is 0 Å². The van der Waals surface area contributed by atoms with Crippen LogP contribution in [0.5, 0.6) is 0 Å². The monoisotopic (exact) mass is 309 g/mol. The van der Waals surface area contributed by atoms with Gasteiger partial charge in [0.2, 0.25) is 0 Å². The summed E-state index contributed by atoms with van der Waals surface area (Å²) in [5.41, 5.74) is 20.1. The van der Waals surface area contributed by atoms with Crippen molar-refractivity contribution in [2.45, 2.75) is 33.9 Å². The molecular formula is C18H23N5. The van der Waals surface area contributed by atoms with Crippen LogP contribution in [-0.4, -0.2) is 22.9 Å². The Morgan fingerprint density at radius 1 is 1.04 bits per heavy atom. The molecule has 5 heteroatoms. The van der Waals surface area contributed by atoms with Crippen molar-refractivity contribution < 1.29 is 0 Å². The van der Waals surface area contributed by atoms with E-state index >= 15 is 0 Å². The third kappa shape index (κ3) is 2.37. The zero-order valence-electron chi connectivity index (χ0n) is 14.3. The third-order valence-corrected chi connectivity index (χ3v) is 4.85. The molecule has 1 aromatic carbocycles. The van der Waals surface area contributed by atoms with Crippen LogP contribution in [0.3, 0.4) is 0 Å². The fourth-order valence-corrected chi connectivity index (χ4v) is 3.06. The Morgan fingerprint density at radius 2 is 1.65 bits per heavy atom. The molecule has 0 amide bonds. The van der Waals surface area contributed by atoms with E-state index in [1.807, 2.05) is 19.2 Å². The van der Waals surface area contributed by atoms with E-state index in [-0.39, 0.29) is 6.17 Å². The highest BCUT2D eigenvalue weighted by Gasteiger charge is 2.24. The minimum atomic E-state index is -0.314. The lowest BCUT2D eigenvalue weighted by atomic mass is 9.92. The number of guanidine groups is 1. The summed E-state index contributed by atoms with van der Waals surface area (Å²) in [6.07, 6.45) is -0.314. The Balaban J connectivity index is 2.22. The predicted molar refractivity (Wildman–Crippen MR) is 94.6 cm³/mol. The first-order valence-corrected chi connectivity index (χ1v) is 7.72. The first kappa shape index (κ1) is 15.5. The van der Waals surface area contributed by atoms with Crippen molar-refractivity contribution in [1.82, 2.24) is 9.88 Å². The fourth-order valence-electron chi connectivity index (χ4n) is 3.06. The summed E-state index contributed by atoms with van der Waals surface area (Å²) in [6.45, 7) is 8.53. The van der Waals surface area contributed by atoms with Crippen LogP contribution in [0.2, 0.25) is 0 Å². The molecule has 1 aromatic heterocycles. The number of pyridine rings is 1. The molecule has 2 heterocycles. The molecule has 0 saturated carbocycles. The number of rotatable bonds is 1. The van der Waals surface area contributed by atoms with E-state index in [1.165, 1.54) is 27.8 Å². The van der Waals surface area contributed by atoms with Crippen molar-refractivity contribution in [1.29, 1.82) is 0 Å². The molecule has 0 spiro atoms. The number of aromatic nitrogens is 1. The van der Waals surface area contributed by atoms with Gasteiger partial charge in [0, 0.05) is 18.2 Å². The summed E-state index contributed by atoms with van der Waals surface area (Å²) in [5, 5.41) is 0. The van der Waals surface area contributed by atoms with Crippen molar-refractivity contribution in [2.75, 3.05) is 7.05 Å². The molecule has 120 valence electrons. The summed E-state index contributed by atoms with van der Waals surface area (Å²) < 4.78 is 0. The van der Waals surface area contributed by atoms with Gasteiger partial charge < -0.3 is 16.4 Å². The van der Waals surface area contributed by atoms with Crippen LogP contribution < -0.4 is 11.5 Å². The highest BCUT2D eigenvalue weighted by Crippen LogP contribution is 2.35. The Hall–Kier alpha value is -2.40. The fraction of sp³-hybridized carbons (Fsp3) is 0.333. The molecular weight excluding hydrogens is 286 g/mol. The van der Waals surface area contributed by atoms with E-state index in [9.17, 15) is 0 Å². The minimum absolute atomic E-state index is 0.314. The van der Waals surface area contributed by atoms with Gasteiger partial charge in [0.05, 0.1) is 5.69 Å². The van der Waals surface area contributed by atoms with E-state index < -0.39 is 0 Å². The first-order chi connectivity index (χ1) is 10.8. The molecule has 5 nitrogen and oxygen atoms in total.